The molecule has 1 fully saturated rings. The first-order valence-electron chi connectivity index (χ1n) is 9.85. The van der Waals surface area contributed by atoms with Crippen LogP contribution < -0.4 is 0 Å². The predicted octanol–water partition coefficient (Wildman–Crippen LogP) is 3.90. The first-order chi connectivity index (χ1) is 14.2. The van der Waals surface area contributed by atoms with Crippen LogP contribution >= 0.6 is 12.2 Å². The van der Waals surface area contributed by atoms with Crippen molar-refractivity contribution in [2.75, 3.05) is 19.7 Å². The van der Waals surface area contributed by atoms with Crippen LogP contribution in [0.5, 0.6) is 0 Å². The fourth-order valence-corrected chi connectivity index (χ4v) is 3.99. The zero-order valence-corrected chi connectivity index (χ0v) is 17.2. The van der Waals surface area contributed by atoms with E-state index in [0.29, 0.717) is 36.2 Å². The van der Waals surface area contributed by atoms with Crippen LogP contribution in [0.3, 0.4) is 0 Å². The fraction of sp³-hybridized carbons (Fsp3) is 0.381. The summed E-state index contributed by atoms with van der Waals surface area (Å²) in [6, 6.07) is 13.6. The van der Waals surface area contributed by atoms with Gasteiger partial charge in [-0.3, -0.25) is 14.3 Å². The number of likely N-dealkylation sites (tertiary alicyclic amines) is 1. The Morgan fingerprint density at radius 3 is 2.83 bits per heavy atom. The van der Waals surface area contributed by atoms with Gasteiger partial charge in [0.1, 0.15) is 0 Å². The second-order valence-corrected chi connectivity index (χ2v) is 7.43. The largest absolute Gasteiger partial charge is 0.466 e. The van der Waals surface area contributed by atoms with Gasteiger partial charge in [0.2, 0.25) is 10.6 Å². The number of esters is 1. The Balaban J connectivity index is 1.63. The lowest BCUT2D eigenvalue weighted by molar-refractivity contribution is -0.150. The number of nitrogens with zero attached hydrogens (tertiary/aromatic N) is 4. The average Bonchev–Trinajstić information content (AvgIpc) is 3.38. The maximum Gasteiger partial charge on any atom is 0.310 e. The molecule has 0 N–H and O–H groups in total. The van der Waals surface area contributed by atoms with Crippen LogP contribution in [0, 0.1) is 10.7 Å². The molecule has 1 aromatic carbocycles. The number of ether oxygens (including phenoxy) is 1. The number of benzene rings is 1. The molecule has 2 aromatic heterocycles. The molecule has 1 aliphatic rings. The van der Waals surface area contributed by atoms with Crippen molar-refractivity contribution in [2.45, 2.75) is 26.4 Å². The van der Waals surface area contributed by atoms with Crippen LogP contribution in [0.25, 0.3) is 17.3 Å². The first-order valence-corrected chi connectivity index (χ1v) is 10.3. The van der Waals surface area contributed by atoms with Crippen LogP contribution in [-0.2, 0) is 16.2 Å². The Labute approximate surface area is 174 Å². The summed E-state index contributed by atoms with van der Waals surface area (Å²) in [5.74, 6) is 1.09. The molecule has 8 heteroatoms. The van der Waals surface area contributed by atoms with Crippen molar-refractivity contribution in [3.05, 3.63) is 53.5 Å². The standard InChI is InChI=1S/C21H24N4O3S/c1-2-27-20(26)16-8-6-12-23(14-16)15-24-21(29)25(17-9-4-3-5-10-17)19(22-24)18-11-7-13-28-18/h3-5,7,9-11,13,16H,2,6,8,12,14-15H2,1H3/t16-/m1/s1. The summed E-state index contributed by atoms with van der Waals surface area (Å²) >= 11 is 5.76. The van der Waals surface area contributed by atoms with Gasteiger partial charge in [0.15, 0.2) is 5.76 Å². The number of hydrogen-bond acceptors (Lipinski definition) is 6. The molecule has 0 bridgehead atoms. The lowest BCUT2D eigenvalue weighted by atomic mass is 9.99. The topological polar surface area (TPSA) is 65.4 Å². The van der Waals surface area contributed by atoms with Crippen LogP contribution in [0.15, 0.2) is 53.1 Å². The lowest BCUT2D eigenvalue weighted by Crippen LogP contribution is -2.40. The van der Waals surface area contributed by atoms with E-state index in [0.717, 1.165) is 25.1 Å². The molecule has 4 rings (SSSR count). The third-order valence-corrected chi connectivity index (χ3v) is 5.45. The Morgan fingerprint density at radius 1 is 1.28 bits per heavy atom. The normalized spacial score (nSPS) is 17.3. The lowest BCUT2D eigenvalue weighted by Gasteiger charge is -2.31. The number of hydrogen-bond donors (Lipinski definition) is 0. The predicted molar refractivity (Wildman–Crippen MR) is 111 cm³/mol. The number of carbonyl (C=O) groups excluding carboxylic acids is 1. The molecule has 7 nitrogen and oxygen atoms in total. The van der Waals surface area contributed by atoms with Crippen LogP contribution in [0.2, 0.25) is 0 Å². The number of rotatable bonds is 6. The van der Waals surface area contributed by atoms with Gasteiger partial charge in [-0.2, -0.15) is 0 Å². The van der Waals surface area contributed by atoms with E-state index in [1.165, 1.54) is 0 Å². The molecule has 29 heavy (non-hydrogen) atoms. The number of aromatic nitrogens is 3. The SMILES string of the molecule is CCOC(=O)[C@@H]1CCCN(Cn2nc(-c3ccco3)n(-c3ccccc3)c2=S)C1. The van der Waals surface area contributed by atoms with Gasteiger partial charge in [-0.25, -0.2) is 4.68 Å². The zero-order chi connectivity index (χ0) is 20.2. The molecule has 152 valence electrons. The van der Waals surface area contributed by atoms with E-state index in [9.17, 15) is 4.79 Å². The third kappa shape index (κ3) is 4.18. The minimum absolute atomic E-state index is 0.0985. The molecule has 3 heterocycles. The van der Waals surface area contributed by atoms with Crippen molar-refractivity contribution in [3.8, 4) is 17.3 Å². The highest BCUT2D eigenvalue weighted by molar-refractivity contribution is 7.71. The fourth-order valence-electron chi connectivity index (χ4n) is 3.70. The molecule has 0 saturated carbocycles. The molecule has 0 amide bonds. The molecule has 1 atom stereocenters. The molecule has 3 aromatic rings. The van der Waals surface area contributed by atoms with Crippen molar-refractivity contribution < 1.29 is 13.9 Å². The molecular formula is C21H24N4O3S. The summed E-state index contributed by atoms with van der Waals surface area (Å²) in [5, 5.41) is 4.75. The van der Waals surface area contributed by atoms with E-state index in [-0.39, 0.29) is 11.9 Å². The summed E-state index contributed by atoms with van der Waals surface area (Å²) in [6.45, 7) is 4.31. The maximum absolute atomic E-state index is 12.2. The number of furan rings is 1. The number of para-hydroxylation sites is 1. The summed E-state index contributed by atoms with van der Waals surface area (Å²) in [4.78, 5) is 14.4. The van der Waals surface area contributed by atoms with Gasteiger partial charge in [-0.1, -0.05) is 18.2 Å². The van der Waals surface area contributed by atoms with E-state index in [4.69, 9.17) is 26.5 Å². The van der Waals surface area contributed by atoms with Crippen molar-refractivity contribution >= 4 is 18.2 Å². The molecule has 0 spiro atoms. The Hall–Kier alpha value is -2.71. The van der Waals surface area contributed by atoms with Gasteiger partial charge in [0.05, 0.1) is 31.1 Å². The Kier molecular flexibility index (Phi) is 5.92. The minimum atomic E-state index is -0.119. The summed E-state index contributed by atoms with van der Waals surface area (Å²) in [6.07, 6.45) is 3.43. The van der Waals surface area contributed by atoms with Crippen molar-refractivity contribution in [1.82, 2.24) is 19.2 Å². The summed E-state index contributed by atoms with van der Waals surface area (Å²) < 4.78 is 15.1. The van der Waals surface area contributed by atoms with Gasteiger partial charge in [0.25, 0.3) is 0 Å². The van der Waals surface area contributed by atoms with Gasteiger partial charge in [-0.05, 0) is 62.8 Å². The molecule has 1 saturated heterocycles. The van der Waals surface area contributed by atoms with E-state index in [2.05, 4.69) is 4.90 Å². The van der Waals surface area contributed by atoms with Gasteiger partial charge < -0.3 is 9.15 Å². The molecule has 0 aliphatic carbocycles. The van der Waals surface area contributed by atoms with Gasteiger partial charge in [-0.15, -0.1) is 5.10 Å². The Morgan fingerprint density at radius 2 is 2.10 bits per heavy atom. The third-order valence-electron chi connectivity index (χ3n) is 5.05. The highest BCUT2D eigenvalue weighted by Crippen LogP contribution is 2.24. The summed E-state index contributed by atoms with van der Waals surface area (Å²) in [7, 11) is 0. The second-order valence-electron chi connectivity index (χ2n) is 7.06. The molecule has 0 radical (unpaired) electrons. The van der Waals surface area contributed by atoms with Gasteiger partial charge >= 0.3 is 5.97 Å². The second kappa shape index (κ2) is 8.75. The highest BCUT2D eigenvalue weighted by Gasteiger charge is 2.27. The van der Waals surface area contributed by atoms with Crippen molar-refractivity contribution in [1.29, 1.82) is 0 Å². The number of piperidine rings is 1. The monoisotopic (exact) mass is 412 g/mol. The van der Waals surface area contributed by atoms with Crippen LogP contribution in [0.1, 0.15) is 19.8 Å². The van der Waals surface area contributed by atoms with Gasteiger partial charge in [0, 0.05) is 6.54 Å². The van der Waals surface area contributed by atoms with E-state index < -0.39 is 0 Å². The number of carbonyl (C=O) groups is 1. The maximum atomic E-state index is 12.2. The Bertz CT molecular complexity index is 1010. The van der Waals surface area contributed by atoms with Crippen molar-refractivity contribution in [2.24, 2.45) is 5.92 Å². The zero-order valence-electron chi connectivity index (χ0n) is 16.4. The molecule has 1 aliphatic heterocycles. The van der Waals surface area contributed by atoms with E-state index in [1.807, 2.05) is 54.0 Å². The quantitative estimate of drug-likeness (QED) is 0.452. The highest BCUT2D eigenvalue weighted by atomic mass is 32.1. The smallest absolute Gasteiger partial charge is 0.310 e. The first kappa shape index (κ1) is 19.6. The van der Waals surface area contributed by atoms with Crippen LogP contribution in [0.4, 0.5) is 0 Å². The molecule has 0 unspecified atom stereocenters. The average molecular weight is 413 g/mol. The minimum Gasteiger partial charge on any atom is -0.466 e. The van der Waals surface area contributed by atoms with Crippen molar-refractivity contribution in [3.63, 3.8) is 0 Å². The van der Waals surface area contributed by atoms with Crippen LogP contribution in [-0.4, -0.2) is 44.9 Å². The summed E-state index contributed by atoms with van der Waals surface area (Å²) in [5.41, 5.74) is 0.929. The molecular weight excluding hydrogens is 388 g/mol. The van der Waals surface area contributed by atoms with E-state index >= 15 is 0 Å². The van der Waals surface area contributed by atoms with E-state index in [1.54, 1.807) is 10.9 Å².